The van der Waals surface area contributed by atoms with Crippen molar-refractivity contribution in [3.05, 3.63) is 24.3 Å². The van der Waals surface area contributed by atoms with Gasteiger partial charge in [0.05, 0.1) is 12.5 Å². The van der Waals surface area contributed by atoms with Gasteiger partial charge in [0.15, 0.2) is 6.61 Å². The molecule has 2 atom stereocenters. The molecule has 1 fully saturated rings. The topological polar surface area (TPSA) is 84.9 Å². The molecule has 1 N–H and O–H groups in total. The molecule has 0 spiro atoms. The number of anilines is 1. The molecule has 2 amide bonds. The Morgan fingerprint density at radius 1 is 1.26 bits per heavy atom. The molecule has 1 aromatic carbocycles. The minimum Gasteiger partial charge on any atom is -0.494 e. The molecule has 27 heavy (non-hydrogen) atoms. The average Bonchev–Trinajstić information content (AvgIpc) is 3.02. The SMILES string of the molecule is CCCC(C)NC(=O)COC(=O)C1CC(=O)N(c2ccc(OCC)cc2)C1. The molecule has 0 bridgehead atoms. The van der Waals surface area contributed by atoms with Crippen molar-refractivity contribution in [1.29, 1.82) is 0 Å². The number of rotatable bonds is 9. The van der Waals surface area contributed by atoms with E-state index in [-0.39, 0.29) is 37.4 Å². The fourth-order valence-electron chi connectivity index (χ4n) is 3.08. The van der Waals surface area contributed by atoms with Crippen LogP contribution in [0.4, 0.5) is 5.69 Å². The van der Waals surface area contributed by atoms with E-state index in [0.717, 1.165) is 18.6 Å². The molecule has 0 aromatic heterocycles. The van der Waals surface area contributed by atoms with Gasteiger partial charge in [-0.25, -0.2) is 0 Å². The normalized spacial score (nSPS) is 17.5. The van der Waals surface area contributed by atoms with Gasteiger partial charge in [0, 0.05) is 24.7 Å². The molecule has 0 aliphatic carbocycles. The second-order valence-electron chi connectivity index (χ2n) is 6.70. The van der Waals surface area contributed by atoms with Crippen molar-refractivity contribution < 1.29 is 23.9 Å². The van der Waals surface area contributed by atoms with Crippen molar-refractivity contribution in [2.24, 2.45) is 5.92 Å². The number of esters is 1. The fraction of sp³-hybridized carbons (Fsp3) is 0.550. The van der Waals surface area contributed by atoms with Crippen LogP contribution in [0.3, 0.4) is 0 Å². The van der Waals surface area contributed by atoms with E-state index in [4.69, 9.17) is 9.47 Å². The van der Waals surface area contributed by atoms with Crippen LogP contribution < -0.4 is 15.0 Å². The predicted octanol–water partition coefficient (Wildman–Crippen LogP) is 2.29. The van der Waals surface area contributed by atoms with E-state index in [0.29, 0.717) is 12.3 Å². The number of carbonyl (C=O) groups is 3. The first-order valence-electron chi connectivity index (χ1n) is 9.43. The summed E-state index contributed by atoms with van der Waals surface area (Å²) < 4.78 is 10.5. The van der Waals surface area contributed by atoms with Crippen molar-refractivity contribution in [3.8, 4) is 5.75 Å². The Kier molecular flexibility index (Phi) is 7.64. The molecule has 1 aliphatic rings. The Bertz CT molecular complexity index is 659. The summed E-state index contributed by atoms with van der Waals surface area (Å²) in [6, 6.07) is 7.21. The van der Waals surface area contributed by atoms with Gasteiger partial charge < -0.3 is 19.7 Å². The number of hydrogen-bond donors (Lipinski definition) is 1. The van der Waals surface area contributed by atoms with E-state index in [1.807, 2.05) is 20.8 Å². The highest BCUT2D eigenvalue weighted by atomic mass is 16.5. The zero-order chi connectivity index (χ0) is 19.8. The standard InChI is InChI=1S/C20H28N2O5/c1-4-6-14(3)21-18(23)13-27-20(25)15-11-19(24)22(12-15)16-7-9-17(10-8-16)26-5-2/h7-10,14-15H,4-6,11-13H2,1-3H3,(H,21,23). The smallest absolute Gasteiger partial charge is 0.311 e. The maximum absolute atomic E-state index is 12.3. The van der Waals surface area contributed by atoms with Crippen LogP contribution in [-0.4, -0.2) is 43.6 Å². The Balaban J connectivity index is 1.85. The molecule has 0 radical (unpaired) electrons. The first-order valence-corrected chi connectivity index (χ1v) is 9.43. The van der Waals surface area contributed by atoms with Gasteiger partial charge in [-0.1, -0.05) is 13.3 Å². The second kappa shape index (κ2) is 9.94. The van der Waals surface area contributed by atoms with Crippen molar-refractivity contribution >= 4 is 23.5 Å². The minimum atomic E-state index is -0.565. The maximum atomic E-state index is 12.3. The van der Waals surface area contributed by atoms with Gasteiger partial charge in [0.2, 0.25) is 5.91 Å². The molecular weight excluding hydrogens is 348 g/mol. The third-order valence-electron chi connectivity index (χ3n) is 4.39. The largest absolute Gasteiger partial charge is 0.494 e. The van der Waals surface area contributed by atoms with Gasteiger partial charge in [-0.2, -0.15) is 0 Å². The van der Waals surface area contributed by atoms with Crippen LogP contribution in [0, 0.1) is 5.92 Å². The Morgan fingerprint density at radius 2 is 1.96 bits per heavy atom. The predicted molar refractivity (Wildman–Crippen MR) is 102 cm³/mol. The molecule has 148 valence electrons. The lowest BCUT2D eigenvalue weighted by atomic mass is 10.1. The van der Waals surface area contributed by atoms with Crippen LogP contribution in [0.5, 0.6) is 5.75 Å². The van der Waals surface area contributed by atoms with Gasteiger partial charge >= 0.3 is 5.97 Å². The monoisotopic (exact) mass is 376 g/mol. The van der Waals surface area contributed by atoms with Crippen LogP contribution in [0.2, 0.25) is 0 Å². The highest BCUT2D eigenvalue weighted by Crippen LogP contribution is 2.27. The first-order chi connectivity index (χ1) is 12.9. The van der Waals surface area contributed by atoms with E-state index in [2.05, 4.69) is 5.32 Å². The van der Waals surface area contributed by atoms with E-state index in [1.54, 1.807) is 29.2 Å². The van der Waals surface area contributed by atoms with Crippen LogP contribution in [0.25, 0.3) is 0 Å². The third-order valence-corrected chi connectivity index (χ3v) is 4.39. The lowest BCUT2D eigenvalue weighted by Gasteiger charge is -2.17. The number of benzene rings is 1. The number of amides is 2. The average molecular weight is 376 g/mol. The molecule has 7 nitrogen and oxygen atoms in total. The van der Waals surface area contributed by atoms with Gasteiger partial charge in [-0.3, -0.25) is 14.4 Å². The van der Waals surface area contributed by atoms with E-state index in [1.165, 1.54) is 0 Å². The molecule has 7 heteroatoms. The van der Waals surface area contributed by atoms with Gasteiger partial charge in [-0.05, 0) is 44.5 Å². The lowest BCUT2D eigenvalue weighted by Crippen LogP contribution is -2.36. The van der Waals surface area contributed by atoms with Crippen LogP contribution in [0.15, 0.2) is 24.3 Å². The number of carbonyl (C=O) groups excluding carboxylic acids is 3. The van der Waals surface area contributed by atoms with Crippen molar-refractivity contribution in [2.75, 3.05) is 24.7 Å². The molecule has 2 unspecified atom stereocenters. The molecule has 1 aliphatic heterocycles. The Morgan fingerprint density at radius 3 is 2.59 bits per heavy atom. The van der Waals surface area contributed by atoms with Crippen molar-refractivity contribution in [3.63, 3.8) is 0 Å². The van der Waals surface area contributed by atoms with Crippen LogP contribution in [-0.2, 0) is 19.1 Å². The Hall–Kier alpha value is -2.57. The summed E-state index contributed by atoms with van der Waals surface area (Å²) in [7, 11) is 0. The summed E-state index contributed by atoms with van der Waals surface area (Å²) in [4.78, 5) is 37.9. The fourth-order valence-corrected chi connectivity index (χ4v) is 3.08. The molecular formula is C20H28N2O5. The van der Waals surface area contributed by atoms with E-state index < -0.39 is 11.9 Å². The number of ether oxygens (including phenoxy) is 2. The van der Waals surface area contributed by atoms with Crippen molar-refractivity contribution in [2.45, 2.75) is 46.1 Å². The quantitative estimate of drug-likeness (QED) is 0.669. The summed E-state index contributed by atoms with van der Waals surface area (Å²) in [5.74, 6) is -0.814. The Labute approximate surface area is 160 Å². The molecule has 1 saturated heterocycles. The third kappa shape index (κ3) is 5.98. The van der Waals surface area contributed by atoms with E-state index >= 15 is 0 Å². The molecule has 1 heterocycles. The number of nitrogens with one attached hydrogen (secondary N) is 1. The summed E-state index contributed by atoms with van der Waals surface area (Å²) in [6.45, 7) is 6.35. The zero-order valence-corrected chi connectivity index (χ0v) is 16.2. The summed E-state index contributed by atoms with van der Waals surface area (Å²) in [6.07, 6.45) is 1.92. The number of hydrogen-bond acceptors (Lipinski definition) is 5. The minimum absolute atomic E-state index is 0.0458. The zero-order valence-electron chi connectivity index (χ0n) is 16.2. The van der Waals surface area contributed by atoms with Crippen LogP contribution >= 0.6 is 0 Å². The lowest BCUT2D eigenvalue weighted by molar-refractivity contribution is -0.152. The maximum Gasteiger partial charge on any atom is 0.311 e. The van der Waals surface area contributed by atoms with Crippen LogP contribution in [0.1, 0.15) is 40.0 Å². The van der Waals surface area contributed by atoms with Gasteiger partial charge in [-0.15, -0.1) is 0 Å². The second-order valence-corrected chi connectivity index (χ2v) is 6.70. The molecule has 0 saturated carbocycles. The number of nitrogens with zero attached hydrogens (tertiary/aromatic N) is 1. The molecule has 2 rings (SSSR count). The summed E-state index contributed by atoms with van der Waals surface area (Å²) >= 11 is 0. The van der Waals surface area contributed by atoms with Gasteiger partial charge in [0.25, 0.3) is 5.91 Å². The first kappa shape index (κ1) is 20.7. The van der Waals surface area contributed by atoms with Gasteiger partial charge in [0.1, 0.15) is 5.75 Å². The molecule has 1 aromatic rings. The highest BCUT2D eigenvalue weighted by molar-refractivity contribution is 5.99. The van der Waals surface area contributed by atoms with E-state index in [9.17, 15) is 14.4 Å². The van der Waals surface area contributed by atoms with Crippen molar-refractivity contribution in [1.82, 2.24) is 5.32 Å². The highest BCUT2D eigenvalue weighted by Gasteiger charge is 2.36. The summed E-state index contributed by atoms with van der Waals surface area (Å²) in [5, 5.41) is 2.78. The summed E-state index contributed by atoms with van der Waals surface area (Å²) in [5.41, 5.74) is 0.713.